The number of aromatic nitrogens is 1. The van der Waals surface area contributed by atoms with Crippen LogP contribution in [0.4, 0.5) is 0 Å². The van der Waals surface area contributed by atoms with Gasteiger partial charge in [-0.05, 0) is 12.1 Å². The Morgan fingerprint density at radius 2 is 2.27 bits per heavy atom. The molecule has 0 unspecified atom stereocenters. The third-order valence-corrected chi connectivity index (χ3v) is 2.74. The standard InChI is InChI=1S/C10H5ClN2OS/c11-9-7(2-1-3-8(9)15)10-13-6(4-12)5-14-10/h1-3,5,15H. The van der Waals surface area contributed by atoms with E-state index in [0.717, 1.165) is 0 Å². The van der Waals surface area contributed by atoms with E-state index in [4.69, 9.17) is 21.3 Å². The zero-order chi connectivity index (χ0) is 10.8. The highest BCUT2D eigenvalue weighted by Gasteiger charge is 2.11. The highest BCUT2D eigenvalue weighted by atomic mass is 35.5. The molecule has 5 heteroatoms. The maximum Gasteiger partial charge on any atom is 0.228 e. The van der Waals surface area contributed by atoms with Crippen molar-refractivity contribution < 1.29 is 4.42 Å². The Morgan fingerprint density at radius 3 is 2.93 bits per heavy atom. The van der Waals surface area contributed by atoms with Crippen LogP contribution < -0.4 is 0 Å². The molecule has 0 amide bonds. The van der Waals surface area contributed by atoms with Crippen LogP contribution in [0.1, 0.15) is 5.69 Å². The van der Waals surface area contributed by atoms with Gasteiger partial charge in [-0.25, -0.2) is 0 Å². The van der Waals surface area contributed by atoms with Gasteiger partial charge in [0, 0.05) is 4.90 Å². The van der Waals surface area contributed by atoms with E-state index in [2.05, 4.69) is 17.6 Å². The van der Waals surface area contributed by atoms with E-state index in [9.17, 15) is 0 Å². The molecule has 0 atom stereocenters. The number of hydrogen-bond donors (Lipinski definition) is 1. The Morgan fingerprint density at radius 1 is 1.47 bits per heavy atom. The summed E-state index contributed by atoms with van der Waals surface area (Å²) >= 11 is 10.2. The Bertz CT molecular complexity index is 545. The molecule has 0 saturated heterocycles. The number of thiol groups is 1. The van der Waals surface area contributed by atoms with Gasteiger partial charge in [0.25, 0.3) is 0 Å². The van der Waals surface area contributed by atoms with Gasteiger partial charge < -0.3 is 4.42 Å². The molecule has 74 valence electrons. The van der Waals surface area contributed by atoms with Crippen molar-refractivity contribution in [3.05, 3.63) is 35.2 Å². The van der Waals surface area contributed by atoms with Crippen LogP contribution in [0.2, 0.25) is 5.02 Å². The third kappa shape index (κ3) is 1.84. The highest BCUT2D eigenvalue weighted by molar-refractivity contribution is 7.80. The summed E-state index contributed by atoms with van der Waals surface area (Å²) in [5, 5.41) is 9.07. The summed E-state index contributed by atoms with van der Waals surface area (Å²) in [4.78, 5) is 4.60. The third-order valence-electron chi connectivity index (χ3n) is 1.83. The molecule has 0 N–H and O–H groups in total. The second-order valence-electron chi connectivity index (χ2n) is 2.79. The summed E-state index contributed by atoms with van der Waals surface area (Å²) in [6, 6.07) is 7.20. The van der Waals surface area contributed by atoms with Crippen molar-refractivity contribution in [3.8, 4) is 17.5 Å². The second kappa shape index (κ2) is 3.97. The van der Waals surface area contributed by atoms with Crippen molar-refractivity contribution in [2.75, 3.05) is 0 Å². The fourth-order valence-corrected chi connectivity index (χ4v) is 1.55. The number of halogens is 1. The Kier molecular flexibility index (Phi) is 2.67. The van der Waals surface area contributed by atoms with E-state index in [-0.39, 0.29) is 5.69 Å². The van der Waals surface area contributed by atoms with Crippen LogP contribution in [0.15, 0.2) is 33.8 Å². The fourth-order valence-electron chi connectivity index (χ4n) is 1.13. The van der Waals surface area contributed by atoms with Gasteiger partial charge >= 0.3 is 0 Å². The smallest absolute Gasteiger partial charge is 0.228 e. The van der Waals surface area contributed by atoms with Gasteiger partial charge in [0.2, 0.25) is 5.89 Å². The molecule has 0 bridgehead atoms. The number of rotatable bonds is 1. The molecule has 0 spiro atoms. The summed E-state index contributed by atoms with van der Waals surface area (Å²) < 4.78 is 5.13. The van der Waals surface area contributed by atoms with Crippen LogP contribution in [0, 0.1) is 11.3 Å². The average molecular weight is 237 g/mol. The lowest BCUT2D eigenvalue weighted by molar-refractivity contribution is 0.574. The zero-order valence-electron chi connectivity index (χ0n) is 7.44. The first-order valence-electron chi connectivity index (χ1n) is 4.06. The van der Waals surface area contributed by atoms with Gasteiger partial charge in [-0.1, -0.05) is 17.7 Å². The fraction of sp³-hybridized carbons (Fsp3) is 0. The molecule has 0 aliphatic rings. The Balaban J connectivity index is 2.55. The largest absolute Gasteiger partial charge is 0.443 e. The molecule has 0 aliphatic carbocycles. The molecule has 3 nitrogen and oxygen atoms in total. The zero-order valence-corrected chi connectivity index (χ0v) is 9.09. The molecular formula is C10H5ClN2OS. The predicted octanol–water partition coefficient (Wildman–Crippen LogP) is 3.16. The minimum Gasteiger partial charge on any atom is -0.443 e. The van der Waals surface area contributed by atoms with Gasteiger partial charge in [0.1, 0.15) is 12.3 Å². The van der Waals surface area contributed by atoms with E-state index in [1.165, 1.54) is 6.26 Å². The monoisotopic (exact) mass is 236 g/mol. The second-order valence-corrected chi connectivity index (χ2v) is 3.65. The molecule has 1 aromatic carbocycles. The van der Waals surface area contributed by atoms with Crippen molar-refractivity contribution in [2.45, 2.75) is 4.90 Å². The average Bonchev–Trinajstić information content (AvgIpc) is 2.70. The summed E-state index contributed by atoms with van der Waals surface area (Å²) in [6.07, 6.45) is 1.29. The Labute approximate surface area is 96.7 Å². The normalized spacial score (nSPS) is 9.93. The highest BCUT2D eigenvalue weighted by Crippen LogP contribution is 2.31. The molecule has 0 saturated carbocycles. The quantitative estimate of drug-likeness (QED) is 0.774. The molecule has 15 heavy (non-hydrogen) atoms. The number of benzene rings is 1. The van der Waals surface area contributed by atoms with Gasteiger partial charge in [0.15, 0.2) is 5.69 Å². The molecule has 0 aliphatic heterocycles. The number of oxazole rings is 1. The first-order chi connectivity index (χ1) is 7.22. The maximum atomic E-state index is 8.60. The van der Waals surface area contributed by atoms with Crippen molar-refractivity contribution in [3.63, 3.8) is 0 Å². The van der Waals surface area contributed by atoms with Gasteiger partial charge in [-0.15, -0.1) is 12.6 Å². The lowest BCUT2D eigenvalue weighted by Crippen LogP contribution is -1.81. The van der Waals surface area contributed by atoms with Crippen LogP contribution >= 0.6 is 24.2 Å². The van der Waals surface area contributed by atoms with Gasteiger partial charge in [-0.3, -0.25) is 0 Å². The van der Waals surface area contributed by atoms with Crippen molar-refractivity contribution in [1.29, 1.82) is 5.26 Å². The van der Waals surface area contributed by atoms with Gasteiger partial charge in [0.05, 0.1) is 10.6 Å². The summed E-state index contributed by atoms with van der Waals surface area (Å²) in [5.41, 5.74) is 0.858. The molecule has 1 heterocycles. The lowest BCUT2D eigenvalue weighted by Gasteiger charge is -2.00. The summed E-state index contributed by atoms with van der Waals surface area (Å²) in [6.45, 7) is 0. The minimum absolute atomic E-state index is 0.227. The lowest BCUT2D eigenvalue weighted by atomic mass is 10.2. The van der Waals surface area contributed by atoms with Crippen LogP contribution in [-0.2, 0) is 0 Å². The molecule has 1 aromatic heterocycles. The van der Waals surface area contributed by atoms with Gasteiger partial charge in [-0.2, -0.15) is 10.2 Å². The molecule has 2 rings (SSSR count). The van der Waals surface area contributed by atoms with E-state index in [1.54, 1.807) is 18.2 Å². The van der Waals surface area contributed by atoms with E-state index in [1.807, 2.05) is 6.07 Å². The minimum atomic E-state index is 0.227. The Hall–Kier alpha value is -1.44. The van der Waals surface area contributed by atoms with Crippen molar-refractivity contribution in [2.24, 2.45) is 0 Å². The molecule has 0 radical (unpaired) electrons. The summed E-state index contributed by atoms with van der Waals surface area (Å²) in [5.74, 6) is 0.326. The SMILES string of the molecule is N#Cc1coc(-c2cccc(S)c2Cl)n1. The number of hydrogen-bond acceptors (Lipinski definition) is 4. The topological polar surface area (TPSA) is 49.8 Å². The maximum absolute atomic E-state index is 8.60. The molecule has 0 fully saturated rings. The van der Waals surface area contributed by atoms with Crippen molar-refractivity contribution in [1.82, 2.24) is 4.98 Å². The van der Waals surface area contributed by atoms with Crippen LogP contribution in [0.25, 0.3) is 11.5 Å². The van der Waals surface area contributed by atoms with E-state index < -0.39 is 0 Å². The van der Waals surface area contributed by atoms with Crippen LogP contribution in [0.5, 0.6) is 0 Å². The summed E-state index contributed by atoms with van der Waals surface area (Å²) in [7, 11) is 0. The van der Waals surface area contributed by atoms with Crippen LogP contribution in [-0.4, -0.2) is 4.98 Å². The van der Waals surface area contributed by atoms with Crippen LogP contribution in [0.3, 0.4) is 0 Å². The van der Waals surface area contributed by atoms with Crippen molar-refractivity contribution >= 4 is 24.2 Å². The number of nitriles is 1. The molecular weight excluding hydrogens is 232 g/mol. The first kappa shape index (κ1) is 10.1. The predicted molar refractivity (Wildman–Crippen MR) is 58.9 cm³/mol. The van der Waals surface area contributed by atoms with E-state index >= 15 is 0 Å². The first-order valence-corrected chi connectivity index (χ1v) is 4.88. The van der Waals surface area contributed by atoms with E-state index in [0.29, 0.717) is 21.4 Å². The molecule has 2 aromatic rings. The number of nitrogens with zero attached hydrogens (tertiary/aromatic N) is 2.